The molecule has 0 aliphatic carbocycles. The van der Waals surface area contributed by atoms with Gasteiger partial charge in [0.2, 0.25) is 0 Å². The summed E-state index contributed by atoms with van der Waals surface area (Å²) in [6.07, 6.45) is 2.90. The van der Waals surface area contributed by atoms with E-state index in [1.165, 1.54) is 18.5 Å². The van der Waals surface area contributed by atoms with Crippen molar-refractivity contribution in [2.45, 2.75) is 6.54 Å². The van der Waals surface area contributed by atoms with Gasteiger partial charge in [0, 0.05) is 27.8 Å². The average molecular weight is 313 g/mol. The number of nitrogens with one attached hydrogen (secondary N) is 2. The topological polar surface area (TPSA) is 62.0 Å². The first-order valence-corrected chi connectivity index (χ1v) is 6.53. The predicted octanol–water partition coefficient (Wildman–Crippen LogP) is 2.13. The Morgan fingerprint density at radius 2 is 2.29 bits per heavy atom. The van der Waals surface area contributed by atoms with Crippen molar-refractivity contribution in [3.63, 3.8) is 0 Å². The maximum Gasteiger partial charge on any atom is 0.257 e. The maximum atomic E-state index is 11.7. The van der Waals surface area contributed by atoms with E-state index in [1.807, 2.05) is 11.4 Å². The number of hydrogen-bond acceptors (Lipinski definition) is 3. The number of H-pyrrole nitrogens is 1. The quantitative estimate of drug-likeness (QED) is 0.912. The van der Waals surface area contributed by atoms with Gasteiger partial charge in [0.05, 0.1) is 6.54 Å². The number of carbonyl (C=O) groups excluding carboxylic acids is 1. The van der Waals surface area contributed by atoms with E-state index in [2.05, 4.69) is 26.2 Å². The van der Waals surface area contributed by atoms with Crippen LogP contribution in [0.5, 0.6) is 0 Å². The van der Waals surface area contributed by atoms with Gasteiger partial charge in [0.15, 0.2) is 5.43 Å². The molecule has 0 aliphatic heterocycles. The summed E-state index contributed by atoms with van der Waals surface area (Å²) >= 11 is 4.92. The predicted molar refractivity (Wildman–Crippen MR) is 70.3 cm³/mol. The van der Waals surface area contributed by atoms with Crippen molar-refractivity contribution in [3.8, 4) is 0 Å². The van der Waals surface area contributed by atoms with Crippen LogP contribution in [0.3, 0.4) is 0 Å². The van der Waals surface area contributed by atoms with E-state index in [-0.39, 0.29) is 16.9 Å². The number of amides is 1. The second kappa shape index (κ2) is 5.29. The zero-order chi connectivity index (χ0) is 12.3. The van der Waals surface area contributed by atoms with Gasteiger partial charge in [-0.3, -0.25) is 9.59 Å². The third-order valence-corrected chi connectivity index (χ3v) is 4.10. The first kappa shape index (κ1) is 12.1. The van der Waals surface area contributed by atoms with Gasteiger partial charge in [-0.25, -0.2) is 0 Å². The summed E-state index contributed by atoms with van der Waals surface area (Å²) in [4.78, 5) is 26.9. The number of halogens is 1. The fourth-order valence-corrected chi connectivity index (χ4v) is 2.73. The Labute approximate surface area is 110 Å². The Hall–Kier alpha value is -1.40. The van der Waals surface area contributed by atoms with Crippen LogP contribution in [0.25, 0.3) is 0 Å². The van der Waals surface area contributed by atoms with Gasteiger partial charge in [-0.2, -0.15) is 0 Å². The Morgan fingerprint density at radius 3 is 2.94 bits per heavy atom. The molecule has 4 nitrogen and oxygen atoms in total. The van der Waals surface area contributed by atoms with Crippen molar-refractivity contribution >= 4 is 33.2 Å². The summed E-state index contributed by atoms with van der Waals surface area (Å²) in [6, 6.07) is 3.25. The van der Waals surface area contributed by atoms with Crippen LogP contribution in [-0.4, -0.2) is 10.9 Å². The van der Waals surface area contributed by atoms with Crippen molar-refractivity contribution < 1.29 is 4.79 Å². The molecule has 88 valence electrons. The second-order valence-corrected chi connectivity index (χ2v) is 5.15. The van der Waals surface area contributed by atoms with Crippen LogP contribution >= 0.6 is 27.3 Å². The third kappa shape index (κ3) is 2.83. The number of aromatic nitrogens is 1. The van der Waals surface area contributed by atoms with E-state index >= 15 is 0 Å². The summed E-state index contributed by atoms with van der Waals surface area (Å²) in [5.41, 5.74) is -0.160. The van der Waals surface area contributed by atoms with Gasteiger partial charge in [0.25, 0.3) is 5.91 Å². The van der Waals surface area contributed by atoms with E-state index in [4.69, 9.17) is 0 Å². The van der Waals surface area contributed by atoms with Crippen molar-refractivity contribution in [2.24, 2.45) is 0 Å². The molecular formula is C11H9BrN2O2S. The standard InChI is InChI=1S/C11H9BrN2O2S/c12-8-2-4-17-10(8)6-14-11(16)7-5-13-3-1-9(7)15/h1-5H,6H2,(H,13,15)(H,14,16). The van der Waals surface area contributed by atoms with Crippen LogP contribution in [0, 0.1) is 0 Å². The fraction of sp³-hybridized carbons (Fsp3) is 0.0909. The van der Waals surface area contributed by atoms with Crippen molar-refractivity contribution in [2.75, 3.05) is 0 Å². The lowest BCUT2D eigenvalue weighted by molar-refractivity contribution is 0.0950. The van der Waals surface area contributed by atoms with Crippen LogP contribution in [0.1, 0.15) is 15.2 Å². The largest absolute Gasteiger partial charge is 0.367 e. The van der Waals surface area contributed by atoms with E-state index in [0.717, 1.165) is 9.35 Å². The normalized spacial score (nSPS) is 10.2. The smallest absolute Gasteiger partial charge is 0.257 e. The molecule has 17 heavy (non-hydrogen) atoms. The summed E-state index contributed by atoms with van der Waals surface area (Å²) in [7, 11) is 0. The number of pyridine rings is 1. The fourth-order valence-electron chi connectivity index (χ4n) is 1.30. The van der Waals surface area contributed by atoms with E-state index in [9.17, 15) is 9.59 Å². The zero-order valence-electron chi connectivity index (χ0n) is 8.70. The molecule has 2 heterocycles. The summed E-state index contributed by atoms with van der Waals surface area (Å²) in [6.45, 7) is 0.408. The molecule has 0 aliphatic rings. The highest BCUT2D eigenvalue weighted by Gasteiger charge is 2.10. The summed E-state index contributed by atoms with van der Waals surface area (Å²) < 4.78 is 0.963. The van der Waals surface area contributed by atoms with Gasteiger partial charge in [-0.05, 0) is 27.4 Å². The highest BCUT2D eigenvalue weighted by molar-refractivity contribution is 9.10. The van der Waals surface area contributed by atoms with Crippen molar-refractivity contribution in [3.05, 3.63) is 55.0 Å². The third-order valence-electron chi connectivity index (χ3n) is 2.17. The average Bonchev–Trinajstić information content (AvgIpc) is 2.72. The summed E-state index contributed by atoms with van der Waals surface area (Å²) in [5.74, 6) is -0.368. The van der Waals surface area contributed by atoms with Gasteiger partial charge in [0.1, 0.15) is 5.56 Å². The number of rotatable bonds is 3. The summed E-state index contributed by atoms with van der Waals surface area (Å²) in [5, 5.41) is 4.64. The lowest BCUT2D eigenvalue weighted by atomic mass is 10.2. The molecule has 0 spiro atoms. The SMILES string of the molecule is O=C(NCc1sccc1Br)c1c[nH]ccc1=O. The molecule has 2 aromatic heterocycles. The van der Waals surface area contributed by atoms with E-state index < -0.39 is 0 Å². The molecule has 2 aromatic rings. The van der Waals surface area contributed by atoms with Crippen molar-refractivity contribution in [1.82, 2.24) is 10.3 Å². The first-order chi connectivity index (χ1) is 8.18. The Kier molecular flexibility index (Phi) is 3.75. The molecule has 0 fully saturated rings. The molecule has 0 saturated heterocycles. The molecule has 0 bridgehead atoms. The number of thiophene rings is 1. The Morgan fingerprint density at radius 1 is 1.47 bits per heavy atom. The molecule has 0 radical (unpaired) electrons. The molecule has 2 N–H and O–H groups in total. The molecule has 0 unspecified atom stereocenters. The monoisotopic (exact) mass is 312 g/mol. The Bertz CT molecular complexity index is 591. The van der Waals surface area contributed by atoms with Gasteiger partial charge in [-0.1, -0.05) is 0 Å². The lowest BCUT2D eigenvalue weighted by Gasteiger charge is -2.03. The van der Waals surface area contributed by atoms with Crippen LogP contribution in [0.15, 0.2) is 39.2 Å². The Balaban J connectivity index is 2.06. The number of aromatic amines is 1. The van der Waals surface area contributed by atoms with Gasteiger partial charge in [-0.15, -0.1) is 11.3 Å². The molecule has 6 heteroatoms. The van der Waals surface area contributed by atoms with Crippen molar-refractivity contribution in [1.29, 1.82) is 0 Å². The van der Waals surface area contributed by atoms with E-state index in [0.29, 0.717) is 6.54 Å². The molecule has 0 atom stereocenters. The minimum atomic E-state index is -0.368. The second-order valence-electron chi connectivity index (χ2n) is 3.30. The number of hydrogen-bond donors (Lipinski definition) is 2. The van der Waals surface area contributed by atoms with Crippen LogP contribution in [0.4, 0.5) is 0 Å². The van der Waals surface area contributed by atoms with Crippen LogP contribution < -0.4 is 10.7 Å². The maximum absolute atomic E-state index is 11.7. The highest BCUT2D eigenvalue weighted by Crippen LogP contribution is 2.22. The molecule has 1 amide bonds. The minimum absolute atomic E-state index is 0.125. The first-order valence-electron chi connectivity index (χ1n) is 4.85. The molecule has 2 rings (SSSR count). The zero-order valence-corrected chi connectivity index (χ0v) is 11.1. The van der Waals surface area contributed by atoms with Crippen LogP contribution in [-0.2, 0) is 6.54 Å². The molecule has 0 aromatic carbocycles. The van der Waals surface area contributed by atoms with Gasteiger partial charge < -0.3 is 10.3 Å². The number of carbonyl (C=O) groups is 1. The highest BCUT2D eigenvalue weighted by atomic mass is 79.9. The van der Waals surface area contributed by atoms with E-state index in [1.54, 1.807) is 11.3 Å². The van der Waals surface area contributed by atoms with Gasteiger partial charge >= 0.3 is 0 Å². The lowest BCUT2D eigenvalue weighted by Crippen LogP contribution is -2.27. The molecular weight excluding hydrogens is 304 g/mol. The van der Waals surface area contributed by atoms with Crippen LogP contribution in [0.2, 0.25) is 0 Å². The molecule has 0 saturated carbocycles. The minimum Gasteiger partial charge on any atom is -0.367 e.